The van der Waals surface area contributed by atoms with Gasteiger partial charge in [-0.1, -0.05) is 26.2 Å². The molecule has 150 valence electrons. The monoisotopic (exact) mass is 382 g/mol. The smallest absolute Gasteiger partial charge is 0.280 e. The van der Waals surface area contributed by atoms with Crippen LogP contribution in [0.15, 0.2) is 4.79 Å². The molecular formula is C16H26N6O5. The Bertz CT molecular complexity index is 837. The summed E-state index contributed by atoms with van der Waals surface area (Å²) in [6, 6.07) is 0. The lowest BCUT2D eigenvalue weighted by molar-refractivity contribution is -0.0501. The van der Waals surface area contributed by atoms with Gasteiger partial charge in [-0.2, -0.15) is 4.98 Å². The lowest BCUT2D eigenvalue weighted by Crippen LogP contribution is -2.33. The van der Waals surface area contributed by atoms with Gasteiger partial charge < -0.3 is 31.1 Å². The minimum Gasteiger partial charge on any atom is -0.394 e. The van der Waals surface area contributed by atoms with Crippen molar-refractivity contribution < 1.29 is 20.1 Å². The van der Waals surface area contributed by atoms with E-state index >= 15 is 0 Å². The number of nitrogens with zero attached hydrogens (tertiary/aromatic N) is 3. The SMILES string of the molecule is CCCCCCNc1nc2c(=O)[nH]c(N)nc2n1C1OC(CO)C(O)C1O. The molecule has 1 fully saturated rings. The number of H-pyrrole nitrogens is 1. The summed E-state index contributed by atoms with van der Waals surface area (Å²) < 4.78 is 7.00. The van der Waals surface area contributed by atoms with Crippen molar-refractivity contribution in [2.45, 2.75) is 57.1 Å². The van der Waals surface area contributed by atoms with Crippen molar-refractivity contribution in [3.8, 4) is 0 Å². The van der Waals surface area contributed by atoms with Gasteiger partial charge in [0.2, 0.25) is 11.9 Å². The first-order valence-corrected chi connectivity index (χ1v) is 9.12. The normalized spacial score (nSPS) is 25.3. The maximum Gasteiger partial charge on any atom is 0.280 e. The second-order valence-corrected chi connectivity index (χ2v) is 6.65. The zero-order valence-corrected chi connectivity index (χ0v) is 15.1. The van der Waals surface area contributed by atoms with Crippen molar-refractivity contribution in [2.24, 2.45) is 0 Å². The fourth-order valence-electron chi connectivity index (χ4n) is 3.21. The summed E-state index contributed by atoms with van der Waals surface area (Å²) in [5, 5.41) is 32.9. The number of nitrogens with two attached hydrogens (primary N) is 1. The lowest BCUT2D eigenvalue weighted by Gasteiger charge is -2.19. The molecule has 11 heteroatoms. The van der Waals surface area contributed by atoms with Gasteiger partial charge in [0.05, 0.1) is 6.61 Å². The lowest BCUT2D eigenvalue weighted by atomic mass is 10.1. The fourth-order valence-corrected chi connectivity index (χ4v) is 3.21. The van der Waals surface area contributed by atoms with Crippen LogP contribution in [0.5, 0.6) is 0 Å². The average molecular weight is 382 g/mol. The first-order chi connectivity index (χ1) is 13.0. The number of anilines is 2. The number of imidazole rings is 1. The zero-order valence-electron chi connectivity index (χ0n) is 15.1. The summed E-state index contributed by atoms with van der Waals surface area (Å²) in [7, 11) is 0. The van der Waals surface area contributed by atoms with Crippen LogP contribution in [0.3, 0.4) is 0 Å². The maximum atomic E-state index is 12.2. The average Bonchev–Trinajstić information content (AvgIpc) is 3.13. The van der Waals surface area contributed by atoms with E-state index in [1.807, 2.05) is 0 Å². The minimum atomic E-state index is -1.33. The van der Waals surface area contributed by atoms with E-state index in [0.717, 1.165) is 25.7 Å². The van der Waals surface area contributed by atoms with Crippen LogP contribution in [0.4, 0.5) is 11.9 Å². The summed E-state index contributed by atoms with van der Waals surface area (Å²) in [5.74, 6) is 0.176. The number of nitrogen functional groups attached to an aromatic ring is 1. The second kappa shape index (κ2) is 8.21. The van der Waals surface area contributed by atoms with Crippen LogP contribution in [0, 0.1) is 0 Å². The molecule has 3 rings (SSSR count). The van der Waals surface area contributed by atoms with Crippen LogP contribution >= 0.6 is 0 Å². The summed E-state index contributed by atoms with van der Waals surface area (Å²) in [5.41, 5.74) is 5.30. The van der Waals surface area contributed by atoms with Gasteiger partial charge in [-0.05, 0) is 6.42 Å². The number of hydrogen-bond acceptors (Lipinski definition) is 9. The molecule has 0 saturated carbocycles. The number of rotatable bonds is 8. The molecule has 0 amide bonds. The topological polar surface area (TPSA) is 172 Å². The molecule has 0 spiro atoms. The number of aromatic amines is 1. The molecule has 2 aromatic heterocycles. The van der Waals surface area contributed by atoms with Crippen LogP contribution in [0.1, 0.15) is 38.8 Å². The molecule has 1 aliphatic heterocycles. The number of aromatic nitrogens is 4. The first kappa shape index (κ1) is 19.5. The van der Waals surface area contributed by atoms with Gasteiger partial charge >= 0.3 is 0 Å². The summed E-state index contributed by atoms with van der Waals surface area (Å²) in [6.45, 7) is 2.26. The minimum absolute atomic E-state index is 0.0398. The number of aliphatic hydroxyl groups is 3. The van der Waals surface area contributed by atoms with Gasteiger partial charge in [0.15, 0.2) is 17.4 Å². The Morgan fingerprint density at radius 3 is 2.70 bits per heavy atom. The third kappa shape index (κ3) is 3.76. The number of nitrogens with one attached hydrogen (secondary N) is 2. The molecule has 11 nitrogen and oxygen atoms in total. The van der Waals surface area contributed by atoms with E-state index in [4.69, 9.17) is 10.5 Å². The number of unbranched alkanes of at least 4 members (excludes halogenated alkanes) is 3. The van der Waals surface area contributed by atoms with Crippen molar-refractivity contribution in [3.63, 3.8) is 0 Å². The predicted molar refractivity (Wildman–Crippen MR) is 98.2 cm³/mol. The van der Waals surface area contributed by atoms with E-state index < -0.39 is 36.7 Å². The largest absolute Gasteiger partial charge is 0.394 e. The van der Waals surface area contributed by atoms with Gasteiger partial charge in [0.25, 0.3) is 5.56 Å². The molecule has 3 heterocycles. The molecule has 0 bridgehead atoms. The Morgan fingerprint density at radius 1 is 1.26 bits per heavy atom. The molecule has 7 N–H and O–H groups in total. The van der Waals surface area contributed by atoms with Gasteiger partial charge in [-0.15, -0.1) is 0 Å². The highest BCUT2D eigenvalue weighted by Gasteiger charge is 2.45. The number of fused-ring (bicyclic) bond motifs is 1. The molecule has 4 atom stereocenters. The Labute approximate surface area is 155 Å². The Kier molecular flexibility index (Phi) is 5.95. The highest BCUT2D eigenvalue weighted by atomic mass is 16.6. The number of aliphatic hydroxyl groups excluding tert-OH is 3. The van der Waals surface area contributed by atoms with Crippen LogP contribution in [0.25, 0.3) is 11.2 Å². The molecule has 1 saturated heterocycles. The van der Waals surface area contributed by atoms with Crippen molar-refractivity contribution in [1.82, 2.24) is 19.5 Å². The van der Waals surface area contributed by atoms with Crippen LogP contribution in [-0.4, -0.2) is 66.3 Å². The van der Waals surface area contributed by atoms with Gasteiger partial charge in [-0.3, -0.25) is 14.3 Å². The van der Waals surface area contributed by atoms with E-state index in [9.17, 15) is 20.1 Å². The van der Waals surface area contributed by atoms with Crippen LogP contribution in [0.2, 0.25) is 0 Å². The zero-order chi connectivity index (χ0) is 19.6. The van der Waals surface area contributed by atoms with Crippen molar-refractivity contribution in [2.75, 3.05) is 24.2 Å². The third-order valence-corrected chi connectivity index (χ3v) is 4.65. The first-order valence-electron chi connectivity index (χ1n) is 9.12. The Morgan fingerprint density at radius 2 is 2.04 bits per heavy atom. The van der Waals surface area contributed by atoms with Crippen molar-refractivity contribution >= 4 is 23.1 Å². The molecule has 4 unspecified atom stereocenters. The molecule has 1 aliphatic rings. The van der Waals surface area contributed by atoms with E-state index in [0.29, 0.717) is 6.54 Å². The van der Waals surface area contributed by atoms with Gasteiger partial charge in [0, 0.05) is 6.54 Å². The Hall–Kier alpha value is -2.21. The van der Waals surface area contributed by atoms with Crippen molar-refractivity contribution in [3.05, 3.63) is 10.4 Å². The third-order valence-electron chi connectivity index (χ3n) is 4.65. The van der Waals surface area contributed by atoms with Crippen LogP contribution in [-0.2, 0) is 4.74 Å². The number of ether oxygens (including phenoxy) is 1. The number of hydrogen-bond donors (Lipinski definition) is 6. The predicted octanol–water partition coefficient (Wildman–Crippen LogP) is -0.694. The highest BCUT2D eigenvalue weighted by molar-refractivity contribution is 5.74. The van der Waals surface area contributed by atoms with E-state index in [1.54, 1.807) is 0 Å². The van der Waals surface area contributed by atoms with E-state index in [2.05, 4.69) is 27.2 Å². The fraction of sp³-hybridized carbons (Fsp3) is 0.688. The molecular weight excluding hydrogens is 356 g/mol. The van der Waals surface area contributed by atoms with Crippen molar-refractivity contribution in [1.29, 1.82) is 0 Å². The molecule has 0 aromatic carbocycles. The van der Waals surface area contributed by atoms with E-state index in [-0.39, 0.29) is 23.1 Å². The second-order valence-electron chi connectivity index (χ2n) is 6.65. The molecule has 0 aliphatic carbocycles. The summed E-state index contributed by atoms with van der Waals surface area (Å²) >= 11 is 0. The van der Waals surface area contributed by atoms with Crippen LogP contribution < -0.4 is 16.6 Å². The highest BCUT2D eigenvalue weighted by Crippen LogP contribution is 2.33. The molecule has 27 heavy (non-hydrogen) atoms. The standard InChI is InChI=1S/C16H26N6O5/c1-2-3-4-5-6-18-16-19-9-12(20-15(17)21-13(9)26)22(16)14-11(25)10(24)8(7-23)27-14/h8,10-11,14,23-25H,2-7H2,1H3,(H,18,19)(H3,17,20,21,26). The molecule has 2 aromatic rings. The Balaban J connectivity index is 1.98. The van der Waals surface area contributed by atoms with Gasteiger partial charge in [-0.25, -0.2) is 4.98 Å². The summed E-state index contributed by atoms with van der Waals surface area (Å²) in [4.78, 5) is 23.0. The summed E-state index contributed by atoms with van der Waals surface area (Å²) in [6.07, 6.45) is -0.475. The quantitative estimate of drug-likeness (QED) is 0.323. The van der Waals surface area contributed by atoms with Gasteiger partial charge in [0.1, 0.15) is 18.3 Å². The molecule has 0 radical (unpaired) electrons. The van der Waals surface area contributed by atoms with E-state index in [1.165, 1.54) is 4.57 Å². The maximum absolute atomic E-state index is 12.2.